The van der Waals surface area contributed by atoms with Crippen LogP contribution >= 0.6 is 11.3 Å². The minimum absolute atomic E-state index is 0.0608. The van der Waals surface area contributed by atoms with Crippen LogP contribution in [0.1, 0.15) is 47.2 Å². The Bertz CT molecular complexity index is 2060. The van der Waals surface area contributed by atoms with Crippen LogP contribution in [0.3, 0.4) is 0 Å². The maximum atomic E-state index is 14.2. The second-order valence-electron chi connectivity index (χ2n) is 10.8. The van der Waals surface area contributed by atoms with Crippen molar-refractivity contribution in [1.29, 1.82) is 0 Å². The van der Waals surface area contributed by atoms with Crippen LogP contribution in [0.5, 0.6) is 17.2 Å². The number of aryl methyl sites for hydroxylation is 1. The van der Waals surface area contributed by atoms with Gasteiger partial charge in [-0.3, -0.25) is 9.36 Å². The van der Waals surface area contributed by atoms with E-state index in [9.17, 15) is 4.79 Å². The molecule has 0 spiro atoms. The average Bonchev–Trinajstić information content (AvgIpc) is 3.37. The van der Waals surface area contributed by atoms with Gasteiger partial charge in [0.15, 0.2) is 16.3 Å². The van der Waals surface area contributed by atoms with E-state index in [-0.39, 0.29) is 11.6 Å². The monoisotopic (exact) mass is 600 g/mol. The number of fused-ring (bicyclic) bond motifs is 3. The Morgan fingerprint density at radius 2 is 1.75 bits per heavy atom. The normalized spacial score (nSPS) is 15.6. The minimum atomic E-state index is -0.264. The summed E-state index contributed by atoms with van der Waals surface area (Å²) in [7, 11) is 1.67. The highest BCUT2D eigenvalue weighted by Gasteiger charge is 2.32. The van der Waals surface area contributed by atoms with Crippen molar-refractivity contribution in [3.8, 4) is 17.2 Å². The summed E-state index contributed by atoms with van der Waals surface area (Å²) < 4.78 is 20.1. The van der Waals surface area contributed by atoms with Crippen LogP contribution in [0.15, 0.2) is 112 Å². The fourth-order valence-corrected chi connectivity index (χ4v) is 7.02. The Labute approximate surface area is 259 Å². The zero-order chi connectivity index (χ0) is 30.0. The standard InChI is InChI=1S/C37H32N2O4S/c1-3-42-32-20-25(16-19-31(32)43-23-24-10-5-4-6-11-24)21-33-36(40)39-35(27-13-9-14-28(22-27)41-2)30-18-17-26-12-7-8-15-29(26)34(30)38-37(39)44-33/h4-16,19-22,35H,3,17-18,23H2,1-2H3/t35-/m1/s1. The Balaban J connectivity index is 1.33. The molecular weight excluding hydrogens is 568 g/mol. The molecule has 1 atom stereocenters. The van der Waals surface area contributed by atoms with E-state index >= 15 is 0 Å². The second kappa shape index (κ2) is 12.0. The summed E-state index contributed by atoms with van der Waals surface area (Å²) in [5.41, 5.74) is 7.46. The summed E-state index contributed by atoms with van der Waals surface area (Å²) in [5, 5.41) is 0. The van der Waals surface area contributed by atoms with Crippen molar-refractivity contribution in [2.45, 2.75) is 32.4 Å². The number of hydrogen-bond donors (Lipinski definition) is 0. The van der Waals surface area contributed by atoms with Crippen molar-refractivity contribution in [2.75, 3.05) is 13.7 Å². The molecule has 0 saturated carbocycles. The zero-order valence-electron chi connectivity index (χ0n) is 24.7. The highest BCUT2D eigenvalue weighted by molar-refractivity contribution is 7.07. The SMILES string of the molecule is CCOc1cc(C=c2sc3n(c2=O)[C@H](c2cccc(OC)c2)C2=C(N=3)c3ccccc3CC2)ccc1OCc1ccccc1. The topological polar surface area (TPSA) is 62.0 Å². The highest BCUT2D eigenvalue weighted by atomic mass is 32.1. The van der Waals surface area contributed by atoms with Crippen LogP contribution < -0.4 is 29.1 Å². The molecule has 1 aliphatic heterocycles. The Morgan fingerprint density at radius 3 is 2.59 bits per heavy atom. The van der Waals surface area contributed by atoms with Crippen LogP contribution in [0, 0.1) is 0 Å². The molecule has 0 fully saturated rings. The molecule has 0 N–H and O–H groups in total. The van der Waals surface area contributed by atoms with Crippen molar-refractivity contribution in [3.63, 3.8) is 0 Å². The van der Waals surface area contributed by atoms with Gasteiger partial charge in [0.05, 0.1) is 30.0 Å². The number of aromatic nitrogens is 1. The maximum Gasteiger partial charge on any atom is 0.271 e. The number of benzene rings is 4. The lowest BCUT2D eigenvalue weighted by molar-refractivity contribution is 0.269. The minimum Gasteiger partial charge on any atom is -0.497 e. The molecule has 0 amide bonds. The third kappa shape index (κ3) is 5.24. The van der Waals surface area contributed by atoms with Crippen LogP contribution in [0.4, 0.5) is 0 Å². The molecular formula is C37H32N2O4S. The molecule has 5 aromatic rings. The molecule has 6 nitrogen and oxygen atoms in total. The maximum absolute atomic E-state index is 14.2. The van der Waals surface area contributed by atoms with E-state index in [1.165, 1.54) is 16.9 Å². The van der Waals surface area contributed by atoms with Gasteiger partial charge in [0.1, 0.15) is 12.4 Å². The molecule has 0 radical (unpaired) electrons. The zero-order valence-corrected chi connectivity index (χ0v) is 25.5. The lowest BCUT2D eigenvalue weighted by Crippen LogP contribution is -2.38. The number of allylic oxidation sites excluding steroid dienone is 1. The fraction of sp³-hybridized carbons (Fsp3) is 0.189. The number of ether oxygens (including phenoxy) is 3. The van der Waals surface area contributed by atoms with Crippen LogP contribution in [0.2, 0.25) is 0 Å². The van der Waals surface area contributed by atoms with Gasteiger partial charge < -0.3 is 14.2 Å². The highest BCUT2D eigenvalue weighted by Crippen LogP contribution is 2.41. The van der Waals surface area contributed by atoms with Crippen LogP contribution in [-0.2, 0) is 13.0 Å². The molecule has 0 saturated heterocycles. The lowest BCUT2D eigenvalue weighted by Gasteiger charge is -2.31. The molecule has 4 aromatic carbocycles. The molecule has 7 rings (SSSR count). The molecule has 44 heavy (non-hydrogen) atoms. The van der Waals surface area contributed by atoms with Crippen molar-refractivity contribution in [3.05, 3.63) is 150 Å². The van der Waals surface area contributed by atoms with E-state index in [1.807, 2.05) is 84.3 Å². The molecule has 220 valence electrons. The molecule has 7 heteroatoms. The number of rotatable bonds is 8. The van der Waals surface area contributed by atoms with E-state index in [1.54, 1.807) is 7.11 Å². The summed E-state index contributed by atoms with van der Waals surface area (Å²) in [6, 6.07) is 32.0. The van der Waals surface area contributed by atoms with E-state index in [2.05, 4.69) is 30.3 Å². The van der Waals surface area contributed by atoms with Crippen molar-refractivity contribution < 1.29 is 14.2 Å². The van der Waals surface area contributed by atoms with Gasteiger partial charge >= 0.3 is 0 Å². The van der Waals surface area contributed by atoms with Gasteiger partial charge in [0.25, 0.3) is 5.56 Å². The van der Waals surface area contributed by atoms with Gasteiger partial charge in [0, 0.05) is 5.56 Å². The number of methoxy groups -OCH3 is 1. The summed E-state index contributed by atoms with van der Waals surface area (Å²) in [4.78, 5) is 20.0. The largest absolute Gasteiger partial charge is 0.497 e. The van der Waals surface area contributed by atoms with E-state index in [0.717, 1.165) is 52.1 Å². The van der Waals surface area contributed by atoms with Crippen LogP contribution in [0.25, 0.3) is 11.8 Å². The predicted molar refractivity (Wildman–Crippen MR) is 174 cm³/mol. The number of thiazole rings is 1. The first-order chi connectivity index (χ1) is 21.6. The van der Waals surface area contributed by atoms with Crippen LogP contribution in [-0.4, -0.2) is 18.3 Å². The average molecular weight is 601 g/mol. The van der Waals surface area contributed by atoms with Gasteiger partial charge in [-0.2, -0.15) is 0 Å². The third-order valence-electron chi connectivity index (χ3n) is 8.09. The van der Waals surface area contributed by atoms with E-state index < -0.39 is 0 Å². The number of nitrogens with zero attached hydrogens (tertiary/aromatic N) is 2. The first-order valence-electron chi connectivity index (χ1n) is 14.8. The van der Waals surface area contributed by atoms with Crippen molar-refractivity contribution in [2.24, 2.45) is 4.99 Å². The number of hydrogen-bond acceptors (Lipinski definition) is 6. The Kier molecular flexibility index (Phi) is 7.62. The summed E-state index contributed by atoms with van der Waals surface area (Å²) in [6.07, 6.45) is 3.67. The Hall–Kier alpha value is -4.88. The summed E-state index contributed by atoms with van der Waals surface area (Å²) in [6.45, 7) is 2.89. The first-order valence-corrected chi connectivity index (χ1v) is 15.6. The molecule has 1 aromatic heterocycles. The van der Waals surface area contributed by atoms with Crippen molar-refractivity contribution in [1.82, 2.24) is 4.57 Å². The first kappa shape index (κ1) is 27.9. The van der Waals surface area contributed by atoms with Crippen molar-refractivity contribution >= 4 is 23.1 Å². The van der Waals surface area contributed by atoms with Gasteiger partial charge in [-0.05, 0) is 77.9 Å². The lowest BCUT2D eigenvalue weighted by atomic mass is 9.83. The smallest absolute Gasteiger partial charge is 0.271 e. The van der Waals surface area contributed by atoms with E-state index in [0.29, 0.717) is 34.0 Å². The quantitative estimate of drug-likeness (QED) is 0.210. The molecule has 0 bridgehead atoms. The fourth-order valence-electron chi connectivity index (χ4n) is 6.02. The second-order valence-corrected chi connectivity index (χ2v) is 11.8. The summed E-state index contributed by atoms with van der Waals surface area (Å²) >= 11 is 1.42. The molecule has 2 heterocycles. The van der Waals surface area contributed by atoms with Gasteiger partial charge in [-0.25, -0.2) is 4.99 Å². The molecule has 0 unspecified atom stereocenters. The van der Waals surface area contributed by atoms with Gasteiger partial charge in [0.2, 0.25) is 0 Å². The summed E-state index contributed by atoms with van der Waals surface area (Å²) in [5.74, 6) is 2.07. The third-order valence-corrected chi connectivity index (χ3v) is 9.07. The molecule has 1 aliphatic carbocycles. The predicted octanol–water partition coefficient (Wildman–Crippen LogP) is 6.31. The van der Waals surface area contributed by atoms with Gasteiger partial charge in [-0.15, -0.1) is 0 Å². The van der Waals surface area contributed by atoms with Gasteiger partial charge in [-0.1, -0.05) is 84.1 Å². The Morgan fingerprint density at radius 1 is 0.909 bits per heavy atom. The molecule has 2 aliphatic rings. The van der Waals surface area contributed by atoms with E-state index in [4.69, 9.17) is 19.2 Å².